The first-order valence-electron chi connectivity index (χ1n) is 12.0. The third-order valence-corrected chi connectivity index (χ3v) is 6.47. The molecule has 1 aliphatic heterocycles. The van der Waals surface area contributed by atoms with E-state index in [0.29, 0.717) is 34.5 Å². The molecule has 0 radical (unpaired) electrons. The van der Waals surface area contributed by atoms with Gasteiger partial charge in [-0.05, 0) is 60.9 Å². The van der Waals surface area contributed by atoms with Crippen LogP contribution in [0.15, 0.2) is 83.0 Å². The second-order valence-electron chi connectivity index (χ2n) is 8.67. The first-order valence-corrected chi connectivity index (χ1v) is 12.0. The van der Waals surface area contributed by atoms with E-state index in [9.17, 15) is 4.79 Å². The molecule has 1 atom stereocenters. The quantitative estimate of drug-likeness (QED) is 0.337. The maximum Gasteiger partial charge on any atom is 0.326 e. The molecule has 0 bridgehead atoms. The summed E-state index contributed by atoms with van der Waals surface area (Å²) in [4.78, 5) is 19.9. The lowest BCUT2D eigenvalue weighted by Crippen LogP contribution is -2.46. The molecule has 8 heteroatoms. The summed E-state index contributed by atoms with van der Waals surface area (Å²) >= 11 is 0. The first-order chi connectivity index (χ1) is 18.0. The molecule has 3 aromatic carbocycles. The van der Waals surface area contributed by atoms with Crippen LogP contribution in [-0.2, 0) is 6.42 Å². The van der Waals surface area contributed by atoms with Crippen molar-refractivity contribution in [3.8, 4) is 22.9 Å². The number of methoxy groups -OCH3 is 2. The van der Waals surface area contributed by atoms with Crippen molar-refractivity contribution in [3.05, 3.63) is 95.5 Å². The van der Waals surface area contributed by atoms with Gasteiger partial charge in [-0.15, -0.1) is 0 Å². The smallest absolute Gasteiger partial charge is 0.326 e. The van der Waals surface area contributed by atoms with Gasteiger partial charge in [-0.2, -0.15) is 4.98 Å². The topological polar surface area (TPSA) is 89.7 Å². The van der Waals surface area contributed by atoms with Gasteiger partial charge in [-0.3, -0.25) is 4.90 Å². The molecular weight excluding hydrogens is 468 g/mol. The van der Waals surface area contributed by atoms with Crippen molar-refractivity contribution < 1.29 is 18.8 Å². The second-order valence-corrected chi connectivity index (χ2v) is 8.67. The van der Waals surface area contributed by atoms with Gasteiger partial charge in [0.25, 0.3) is 5.89 Å². The van der Waals surface area contributed by atoms with Crippen molar-refractivity contribution in [1.82, 2.24) is 15.5 Å². The van der Waals surface area contributed by atoms with E-state index >= 15 is 0 Å². The Hall–Kier alpha value is -4.59. The molecular formula is C29H28N4O4. The number of carbonyl (C=O) groups excluding carboxylic acids is 1. The standard InChI is InChI=1S/C29H28N4O4/c1-5-19-9-6-12-22(15-19)33-18(2)25(26(30-29(33)34)20-10-7-13-23(16-20)35-3)28-31-27(32-37-28)21-11-8-14-24(17-21)36-4/h6-17,26H,5H2,1-4H3,(H,30,34). The number of aryl methyl sites for hydroxylation is 1. The highest BCUT2D eigenvalue weighted by atomic mass is 16.5. The minimum Gasteiger partial charge on any atom is -0.497 e. The lowest BCUT2D eigenvalue weighted by Gasteiger charge is -2.35. The number of nitrogens with zero attached hydrogens (tertiary/aromatic N) is 3. The fraction of sp³-hybridized carbons (Fsp3) is 0.207. The number of nitrogens with one attached hydrogen (secondary N) is 1. The normalized spacial score (nSPS) is 15.5. The number of hydrogen-bond donors (Lipinski definition) is 1. The van der Waals surface area contributed by atoms with Crippen LogP contribution in [0.25, 0.3) is 17.0 Å². The van der Waals surface area contributed by atoms with Crippen molar-refractivity contribution >= 4 is 17.3 Å². The van der Waals surface area contributed by atoms with Crippen molar-refractivity contribution in [3.63, 3.8) is 0 Å². The Morgan fingerprint density at radius 1 is 0.973 bits per heavy atom. The Labute approximate surface area is 215 Å². The van der Waals surface area contributed by atoms with E-state index in [4.69, 9.17) is 19.0 Å². The Balaban J connectivity index is 1.66. The van der Waals surface area contributed by atoms with Crippen molar-refractivity contribution in [1.29, 1.82) is 0 Å². The van der Waals surface area contributed by atoms with Crippen molar-refractivity contribution in [2.75, 3.05) is 19.1 Å². The minimum atomic E-state index is -0.521. The number of amides is 2. The van der Waals surface area contributed by atoms with Gasteiger partial charge in [0.05, 0.1) is 31.5 Å². The Bertz CT molecular complexity index is 1480. The number of benzene rings is 3. The number of allylic oxidation sites excluding steroid dienone is 1. The van der Waals surface area contributed by atoms with E-state index in [1.165, 1.54) is 0 Å². The van der Waals surface area contributed by atoms with E-state index in [2.05, 4.69) is 17.4 Å². The van der Waals surface area contributed by atoms with Crippen molar-refractivity contribution in [2.45, 2.75) is 26.3 Å². The number of urea groups is 1. The molecule has 1 aliphatic rings. The Kier molecular flexibility index (Phi) is 6.64. The summed E-state index contributed by atoms with van der Waals surface area (Å²) in [5.41, 5.74) is 4.90. The summed E-state index contributed by atoms with van der Waals surface area (Å²) in [6, 6.07) is 22.2. The van der Waals surface area contributed by atoms with Gasteiger partial charge >= 0.3 is 6.03 Å². The number of carbonyl (C=O) groups is 1. The molecule has 2 heterocycles. The molecule has 0 fully saturated rings. The average Bonchev–Trinajstić information content (AvgIpc) is 3.42. The monoisotopic (exact) mass is 496 g/mol. The molecule has 0 saturated carbocycles. The number of hydrogen-bond acceptors (Lipinski definition) is 6. The SMILES string of the molecule is CCc1cccc(N2C(=O)NC(c3cccc(OC)c3)C(c3nc(-c4cccc(OC)c4)no3)=C2C)c1. The van der Waals surface area contributed by atoms with E-state index in [0.717, 1.165) is 28.8 Å². The number of ether oxygens (including phenoxy) is 2. The zero-order valence-electron chi connectivity index (χ0n) is 21.2. The molecule has 2 amide bonds. The molecule has 0 saturated heterocycles. The lowest BCUT2D eigenvalue weighted by atomic mass is 9.94. The minimum absolute atomic E-state index is 0.241. The van der Waals surface area contributed by atoms with Crippen LogP contribution in [0.1, 0.15) is 36.9 Å². The van der Waals surface area contributed by atoms with Gasteiger partial charge in [-0.25, -0.2) is 4.79 Å². The van der Waals surface area contributed by atoms with Crippen LogP contribution in [0, 0.1) is 0 Å². The van der Waals surface area contributed by atoms with Crippen LogP contribution in [0.2, 0.25) is 0 Å². The summed E-state index contributed by atoms with van der Waals surface area (Å²) in [7, 11) is 3.22. The second kappa shape index (κ2) is 10.2. The maximum absolute atomic E-state index is 13.5. The number of rotatable bonds is 7. The highest BCUT2D eigenvalue weighted by Gasteiger charge is 2.36. The Morgan fingerprint density at radius 2 is 1.70 bits per heavy atom. The van der Waals surface area contributed by atoms with E-state index in [-0.39, 0.29) is 6.03 Å². The molecule has 37 heavy (non-hydrogen) atoms. The highest BCUT2D eigenvalue weighted by Crippen LogP contribution is 2.40. The zero-order valence-corrected chi connectivity index (χ0v) is 21.2. The van der Waals surface area contributed by atoms with Crippen LogP contribution in [-0.4, -0.2) is 30.4 Å². The summed E-state index contributed by atoms with van der Waals surface area (Å²) < 4.78 is 16.6. The first kappa shape index (κ1) is 24.1. The van der Waals surface area contributed by atoms with E-state index in [1.54, 1.807) is 19.1 Å². The molecule has 188 valence electrons. The van der Waals surface area contributed by atoms with Crippen LogP contribution in [0.4, 0.5) is 10.5 Å². The molecule has 4 aromatic rings. The lowest BCUT2D eigenvalue weighted by molar-refractivity contribution is 0.244. The van der Waals surface area contributed by atoms with Gasteiger partial charge < -0.3 is 19.3 Å². The van der Waals surface area contributed by atoms with Crippen LogP contribution in [0.3, 0.4) is 0 Å². The molecule has 5 rings (SSSR count). The summed E-state index contributed by atoms with van der Waals surface area (Å²) in [5.74, 6) is 2.12. The summed E-state index contributed by atoms with van der Waals surface area (Å²) in [6.07, 6.45) is 0.860. The van der Waals surface area contributed by atoms with Gasteiger partial charge in [0.15, 0.2) is 0 Å². The fourth-order valence-electron chi connectivity index (χ4n) is 4.53. The fourth-order valence-corrected chi connectivity index (χ4v) is 4.53. The van der Waals surface area contributed by atoms with Gasteiger partial charge in [0.1, 0.15) is 11.5 Å². The van der Waals surface area contributed by atoms with Gasteiger partial charge in [0.2, 0.25) is 5.82 Å². The van der Waals surface area contributed by atoms with Crippen LogP contribution < -0.4 is 19.7 Å². The number of anilines is 1. The molecule has 1 N–H and O–H groups in total. The number of aromatic nitrogens is 2. The Morgan fingerprint density at radius 3 is 2.46 bits per heavy atom. The molecule has 1 unspecified atom stereocenters. The third-order valence-electron chi connectivity index (χ3n) is 6.47. The summed E-state index contributed by atoms with van der Waals surface area (Å²) in [5, 5.41) is 7.39. The van der Waals surface area contributed by atoms with Crippen LogP contribution in [0.5, 0.6) is 11.5 Å². The average molecular weight is 497 g/mol. The van der Waals surface area contributed by atoms with Gasteiger partial charge in [0, 0.05) is 11.3 Å². The highest BCUT2D eigenvalue weighted by molar-refractivity contribution is 6.01. The van der Waals surface area contributed by atoms with E-state index < -0.39 is 6.04 Å². The maximum atomic E-state index is 13.5. The van der Waals surface area contributed by atoms with Crippen molar-refractivity contribution in [2.24, 2.45) is 0 Å². The molecule has 0 aliphatic carbocycles. The predicted octanol–water partition coefficient (Wildman–Crippen LogP) is 6.02. The molecule has 1 aromatic heterocycles. The van der Waals surface area contributed by atoms with Crippen LogP contribution >= 0.6 is 0 Å². The zero-order chi connectivity index (χ0) is 25.9. The third kappa shape index (κ3) is 4.65. The van der Waals surface area contributed by atoms with E-state index in [1.807, 2.05) is 79.7 Å². The largest absolute Gasteiger partial charge is 0.497 e. The summed E-state index contributed by atoms with van der Waals surface area (Å²) in [6.45, 7) is 3.98. The molecule has 8 nitrogen and oxygen atoms in total. The molecule has 0 spiro atoms. The van der Waals surface area contributed by atoms with Gasteiger partial charge in [-0.1, -0.05) is 48.5 Å². The predicted molar refractivity (Wildman–Crippen MR) is 141 cm³/mol.